The minimum Gasteiger partial charge on any atom is -0.497 e. The number of hydrazone groups is 1. The average molecular weight is 365 g/mol. The summed E-state index contributed by atoms with van der Waals surface area (Å²) in [5.74, 6) is 0.557. The third kappa shape index (κ3) is 4.21. The highest BCUT2D eigenvalue weighted by Gasteiger charge is 2.21. The van der Waals surface area contributed by atoms with E-state index in [1.807, 2.05) is 0 Å². The molecule has 0 saturated carbocycles. The molecule has 0 aromatic heterocycles. The molecule has 2 aromatic carbocycles. The lowest BCUT2D eigenvalue weighted by molar-refractivity contribution is -0.394. The topological polar surface area (TPSA) is 120 Å². The first-order valence-electron chi connectivity index (χ1n) is 6.90. The van der Waals surface area contributed by atoms with Gasteiger partial charge in [0.25, 0.3) is 11.4 Å². The van der Waals surface area contributed by atoms with Crippen molar-refractivity contribution in [1.29, 1.82) is 0 Å². The molecular weight excluding hydrogens is 352 g/mol. The minimum atomic E-state index is -0.697. The number of rotatable bonds is 6. The van der Waals surface area contributed by atoms with Gasteiger partial charge in [-0.3, -0.25) is 25.7 Å². The van der Waals surface area contributed by atoms with Crippen LogP contribution in [-0.2, 0) is 0 Å². The molecule has 0 radical (unpaired) electrons. The molecule has 0 heterocycles. The number of hydrogen-bond donors (Lipinski definition) is 1. The van der Waals surface area contributed by atoms with Gasteiger partial charge in [0.15, 0.2) is 0 Å². The van der Waals surface area contributed by atoms with E-state index < -0.39 is 15.5 Å². The largest absolute Gasteiger partial charge is 0.497 e. The Morgan fingerprint density at radius 3 is 2.48 bits per heavy atom. The van der Waals surface area contributed by atoms with Gasteiger partial charge in [-0.25, -0.2) is 0 Å². The molecule has 0 bridgehead atoms. The Morgan fingerprint density at radius 1 is 1.16 bits per heavy atom. The molecule has 0 fully saturated rings. The zero-order valence-corrected chi connectivity index (χ0v) is 14.0. The summed E-state index contributed by atoms with van der Waals surface area (Å²) in [6, 6.07) is 8.26. The lowest BCUT2D eigenvalue weighted by Crippen LogP contribution is -2.05. The Bertz CT molecular complexity index is 869. The fourth-order valence-corrected chi connectivity index (χ4v) is 2.17. The lowest BCUT2D eigenvalue weighted by atomic mass is 10.1. The van der Waals surface area contributed by atoms with Gasteiger partial charge in [0.1, 0.15) is 5.75 Å². The third-order valence-corrected chi connectivity index (χ3v) is 3.63. The van der Waals surface area contributed by atoms with Crippen LogP contribution >= 0.6 is 11.6 Å². The zero-order valence-electron chi connectivity index (χ0n) is 13.2. The number of methoxy groups -OCH3 is 1. The predicted molar refractivity (Wildman–Crippen MR) is 93.6 cm³/mol. The highest BCUT2D eigenvalue weighted by atomic mass is 35.5. The van der Waals surface area contributed by atoms with Gasteiger partial charge in [-0.1, -0.05) is 11.6 Å². The first kappa shape index (κ1) is 18.1. The highest BCUT2D eigenvalue weighted by Crippen LogP contribution is 2.28. The number of nitro groups is 2. The highest BCUT2D eigenvalue weighted by molar-refractivity contribution is 6.33. The molecule has 9 nitrogen and oxygen atoms in total. The van der Waals surface area contributed by atoms with Crippen LogP contribution in [-0.4, -0.2) is 22.7 Å². The van der Waals surface area contributed by atoms with Crippen molar-refractivity contribution in [3.8, 4) is 5.75 Å². The fraction of sp³-hybridized carbons (Fsp3) is 0.133. The lowest BCUT2D eigenvalue weighted by Gasteiger charge is -2.08. The van der Waals surface area contributed by atoms with E-state index in [-0.39, 0.29) is 17.0 Å². The Morgan fingerprint density at radius 2 is 1.88 bits per heavy atom. The summed E-state index contributed by atoms with van der Waals surface area (Å²) in [5.41, 5.74) is 2.80. The predicted octanol–water partition coefficient (Wildman–Crippen LogP) is 4.00. The molecule has 0 unspecified atom stereocenters. The van der Waals surface area contributed by atoms with E-state index in [1.54, 1.807) is 18.2 Å². The summed E-state index contributed by atoms with van der Waals surface area (Å²) in [6.45, 7) is 1.54. The summed E-state index contributed by atoms with van der Waals surface area (Å²) in [6.07, 6.45) is 0. The SMILES string of the molecule is COc1ccc(Cl)c(N/N=C(/C)c2ccc([N+](=O)[O-])cc2[N+](=O)[O-])c1. The van der Waals surface area contributed by atoms with Gasteiger partial charge in [0, 0.05) is 12.1 Å². The summed E-state index contributed by atoms with van der Waals surface area (Å²) in [4.78, 5) is 20.6. The van der Waals surface area contributed by atoms with Crippen LogP contribution in [0.5, 0.6) is 5.75 Å². The van der Waals surface area contributed by atoms with Gasteiger partial charge in [-0.15, -0.1) is 0 Å². The quantitative estimate of drug-likeness (QED) is 0.470. The van der Waals surface area contributed by atoms with Gasteiger partial charge in [0.2, 0.25) is 0 Å². The van der Waals surface area contributed by atoms with E-state index in [0.717, 1.165) is 6.07 Å². The molecule has 0 saturated heterocycles. The second-order valence-electron chi connectivity index (χ2n) is 4.87. The molecule has 10 heteroatoms. The second kappa shape index (κ2) is 7.58. The van der Waals surface area contributed by atoms with Crippen molar-refractivity contribution in [3.05, 3.63) is 67.2 Å². The first-order chi connectivity index (χ1) is 11.8. The van der Waals surface area contributed by atoms with Crippen LogP contribution in [0.15, 0.2) is 41.5 Å². The Labute approximate surface area is 147 Å². The van der Waals surface area contributed by atoms with E-state index >= 15 is 0 Å². The molecule has 130 valence electrons. The normalized spacial score (nSPS) is 11.1. The molecule has 0 atom stereocenters. The van der Waals surface area contributed by atoms with Gasteiger partial charge in [0.05, 0.1) is 45.0 Å². The van der Waals surface area contributed by atoms with Crippen molar-refractivity contribution in [2.24, 2.45) is 5.10 Å². The van der Waals surface area contributed by atoms with Crippen molar-refractivity contribution in [1.82, 2.24) is 0 Å². The van der Waals surface area contributed by atoms with E-state index in [0.29, 0.717) is 16.5 Å². The number of non-ortho nitro benzene ring substituents is 1. The second-order valence-corrected chi connectivity index (χ2v) is 5.28. The summed E-state index contributed by atoms with van der Waals surface area (Å²) >= 11 is 6.05. The van der Waals surface area contributed by atoms with Crippen LogP contribution in [0.25, 0.3) is 0 Å². The van der Waals surface area contributed by atoms with Crippen LogP contribution in [0, 0.1) is 20.2 Å². The molecule has 1 N–H and O–H groups in total. The molecule has 2 rings (SSSR count). The monoisotopic (exact) mass is 364 g/mol. The standard InChI is InChI=1S/C15H13ClN4O5/c1-9(17-18-14-8-11(25-2)4-6-13(14)16)12-5-3-10(19(21)22)7-15(12)20(23)24/h3-8,18H,1-2H3/b17-9-. The maximum atomic E-state index is 11.2. The van der Waals surface area contributed by atoms with Crippen LogP contribution in [0.1, 0.15) is 12.5 Å². The Hall–Kier alpha value is -3.20. The van der Waals surface area contributed by atoms with E-state index in [9.17, 15) is 20.2 Å². The van der Waals surface area contributed by atoms with E-state index in [1.165, 1.54) is 26.2 Å². The Balaban J connectivity index is 2.37. The van der Waals surface area contributed by atoms with Crippen LogP contribution in [0.4, 0.5) is 17.1 Å². The van der Waals surface area contributed by atoms with E-state index in [2.05, 4.69) is 10.5 Å². The van der Waals surface area contributed by atoms with Crippen LogP contribution in [0.3, 0.4) is 0 Å². The molecule has 0 aliphatic heterocycles. The van der Waals surface area contributed by atoms with Gasteiger partial charge < -0.3 is 4.74 Å². The smallest absolute Gasteiger partial charge is 0.285 e. The number of halogens is 1. The van der Waals surface area contributed by atoms with Gasteiger partial charge in [-0.05, 0) is 25.1 Å². The average Bonchev–Trinajstić information content (AvgIpc) is 2.60. The van der Waals surface area contributed by atoms with Crippen molar-refractivity contribution < 1.29 is 14.6 Å². The van der Waals surface area contributed by atoms with Gasteiger partial charge in [-0.2, -0.15) is 5.10 Å². The van der Waals surface area contributed by atoms with Crippen molar-refractivity contribution in [2.45, 2.75) is 6.92 Å². The van der Waals surface area contributed by atoms with Gasteiger partial charge >= 0.3 is 0 Å². The fourth-order valence-electron chi connectivity index (χ4n) is 2.01. The summed E-state index contributed by atoms with van der Waals surface area (Å²) < 4.78 is 5.09. The van der Waals surface area contributed by atoms with Crippen LogP contribution < -0.4 is 10.2 Å². The molecular formula is C15H13ClN4O5. The molecule has 0 amide bonds. The number of ether oxygens (including phenoxy) is 1. The van der Waals surface area contributed by atoms with Crippen LogP contribution in [0.2, 0.25) is 5.02 Å². The zero-order chi connectivity index (χ0) is 18.6. The molecule has 0 spiro atoms. The van der Waals surface area contributed by atoms with Crippen molar-refractivity contribution >= 4 is 34.4 Å². The molecule has 0 aliphatic rings. The number of nitro benzene ring substituents is 2. The third-order valence-electron chi connectivity index (χ3n) is 3.30. The number of nitrogens with zero attached hydrogens (tertiary/aromatic N) is 3. The number of nitrogens with one attached hydrogen (secondary N) is 1. The van der Waals surface area contributed by atoms with Crippen molar-refractivity contribution in [3.63, 3.8) is 0 Å². The molecule has 25 heavy (non-hydrogen) atoms. The van der Waals surface area contributed by atoms with E-state index in [4.69, 9.17) is 16.3 Å². The first-order valence-corrected chi connectivity index (χ1v) is 7.28. The maximum absolute atomic E-state index is 11.2. The number of anilines is 1. The summed E-state index contributed by atoms with van der Waals surface area (Å²) in [7, 11) is 1.50. The summed E-state index contributed by atoms with van der Waals surface area (Å²) in [5, 5.41) is 26.4. The Kier molecular flexibility index (Phi) is 5.50. The molecule has 0 aliphatic carbocycles. The number of benzene rings is 2. The minimum absolute atomic E-state index is 0.155. The number of hydrogen-bond acceptors (Lipinski definition) is 7. The van der Waals surface area contributed by atoms with Crippen molar-refractivity contribution in [2.75, 3.05) is 12.5 Å². The molecule has 2 aromatic rings. The maximum Gasteiger partial charge on any atom is 0.285 e.